The van der Waals surface area contributed by atoms with Crippen molar-refractivity contribution in [1.82, 2.24) is 9.78 Å². The average Bonchev–Trinajstić information content (AvgIpc) is 3.02. The molecule has 22 heavy (non-hydrogen) atoms. The van der Waals surface area contributed by atoms with E-state index in [1.165, 1.54) is 12.8 Å². The first-order valence-corrected chi connectivity index (χ1v) is 7.80. The summed E-state index contributed by atoms with van der Waals surface area (Å²) in [6, 6.07) is 2.21. The lowest BCUT2D eigenvalue weighted by Crippen LogP contribution is -2.06. The van der Waals surface area contributed by atoms with Crippen LogP contribution in [-0.2, 0) is 7.05 Å². The minimum absolute atomic E-state index is 0.0396. The van der Waals surface area contributed by atoms with E-state index in [9.17, 15) is 8.78 Å². The van der Waals surface area contributed by atoms with Crippen LogP contribution in [0.4, 0.5) is 20.3 Å². The van der Waals surface area contributed by atoms with Gasteiger partial charge in [-0.25, -0.2) is 8.78 Å². The molecule has 0 radical (unpaired) electrons. The minimum atomic E-state index is -0.707. The van der Waals surface area contributed by atoms with Crippen LogP contribution in [0.2, 0.25) is 5.02 Å². The van der Waals surface area contributed by atoms with Gasteiger partial charge >= 0.3 is 0 Å². The molecule has 0 bridgehead atoms. The Bertz CT molecular complexity index is 683. The number of hydrogen-bond acceptors (Lipinski definition) is 2. The van der Waals surface area contributed by atoms with E-state index in [2.05, 4.69) is 10.4 Å². The number of nitrogens with one attached hydrogen (secondary N) is 1. The van der Waals surface area contributed by atoms with Crippen LogP contribution in [0.15, 0.2) is 12.1 Å². The number of anilines is 2. The maximum Gasteiger partial charge on any atom is 0.151 e. The van der Waals surface area contributed by atoms with Crippen molar-refractivity contribution >= 4 is 23.1 Å². The summed E-state index contributed by atoms with van der Waals surface area (Å²) in [6.07, 6.45) is 4.55. The third-order valence-corrected chi connectivity index (χ3v) is 4.50. The summed E-state index contributed by atoms with van der Waals surface area (Å²) >= 11 is 5.67. The zero-order valence-corrected chi connectivity index (χ0v) is 13.3. The molecule has 3 rings (SSSR count). The molecule has 0 aliphatic heterocycles. The van der Waals surface area contributed by atoms with Gasteiger partial charge in [-0.05, 0) is 37.8 Å². The lowest BCUT2D eigenvalue weighted by molar-refractivity contribution is 0.590. The molecule has 2 aromatic rings. The fourth-order valence-electron chi connectivity index (χ4n) is 3.31. The Balaban J connectivity index is 2.02. The summed E-state index contributed by atoms with van der Waals surface area (Å²) in [4.78, 5) is 0. The Morgan fingerprint density at radius 2 is 1.82 bits per heavy atom. The maximum absolute atomic E-state index is 14.0. The summed E-state index contributed by atoms with van der Waals surface area (Å²) in [5, 5.41) is 7.35. The Morgan fingerprint density at radius 3 is 2.41 bits per heavy atom. The van der Waals surface area contributed by atoms with Gasteiger partial charge in [-0.3, -0.25) is 4.68 Å². The van der Waals surface area contributed by atoms with Crippen LogP contribution < -0.4 is 5.32 Å². The molecule has 118 valence electrons. The van der Waals surface area contributed by atoms with Gasteiger partial charge in [0.2, 0.25) is 0 Å². The van der Waals surface area contributed by atoms with Crippen molar-refractivity contribution < 1.29 is 8.78 Å². The number of nitrogens with zero attached hydrogens (tertiary/aromatic N) is 2. The predicted octanol–water partition coefficient (Wildman–Crippen LogP) is 5.06. The molecule has 1 aromatic heterocycles. The van der Waals surface area contributed by atoms with E-state index in [1.807, 2.05) is 6.92 Å². The number of hydrogen-bond donors (Lipinski definition) is 1. The SMILES string of the molecule is Cc1nn(C)c(Nc2c(F)cc(Cl)cc2F)c1C1CCCC1. The van der Waals surface area contributed by atoms with Crippen LogP contribution in [0.1, 0.15) is 42.9 Å². The molecule has 0 atom stereocenters. The molecule has 0 unspecified atom stereocenters. The zero-order valence-electron chi connectivity index (χ0n) is 12.6. The highest BCUT2D eigenvalue weighted by Gasteiger charge is 2.26. The average molecular weight is 326 g/mol. The third kappa shape index (κ3) is 2.70. The molecule has 1 N–H and O–H groups in total. The molecule has 0 spiro atoms. The van der Waals surface area contributed by atoms with Crippen LogP contribution in [0.3, 0.4) is 0 Å². The molecular weight excluding hydrogens is 308 g/mol. The second-order valence-corrected chi connectivity index (χ2v) is 6.26. The van der Waals surface area contributed by atoms with E-state index in [4.69, 9.17) is 11.6 Å². The Kier molecular flexibility index (Phi) is 4.08. The van der Waals surface area contributed by atoms with Crippen molar-refractivity contribution in [3.05, 3.63) is 40.0 Å². The van der Waals surface area contributed by atoms with Crippen molar-refractivity contribution in [3.8, 4) is 0 Å². The summed E-state index contributed by atoms with van der Waals surface area (Å²) in [5.41, 5.74) is 1.78. The molecular formula is C16H18ClF2N3. The maximum atomic E-state index is 14.0. The Hall–Kier alpha value is -1.62. The largest absolute Gasteiger partial charge is 0.335 e. The summed E-state index contributed by atoms with van der Waals surface area (Å²) in [6.45, 7) is 1.94. The fourth-order valence-corrected chi connectivity index (χ4v) is 3.50. The smallest absolute Gasteiger partial charge is 0.151 e. The van der Waals surface area contributed by atoms with E-state index < -0.39 is 11.6 Å². The van der Waals surface area contributed by atoms with Crippen molar-refractivity contribution in [2.24, 2.45) is 7.05 Å². The predicted molar refractivity (Wildman–Crippen MR) is 83.8 cm³/mol. The number of benzene rings is 1. The lowest BCUT2D eigenvalue weighted by atomic mass is 9.97. The highest BCUT2D eigenvalue weighted by Crippen LogP contribution is 2.40. The molecule has 1 saturated carbocycles. The molecule has 1 aliphatic rings. The quantitative estimate of drug-likeness (QED) is 0.854. The van der Waals surface area contributed by atoms with Gasteiger partial charge in [0.1, 0.15) is 11.5 Å². The van der Waals surface area contributed by atoms with Gasteiger partial charge < -0.3 is 5.32 Å². The van der Waals surface area contributed by atoms with Gasteiger partial charge in [0.25, 0.3) is 0 Å². The Labute approximate surface area is 133 Å². The highest BCUT2D eigenvalue weighted by molar-refractivity contribution is 6.30. The van der Waals surface area contributed by atoms with Crippen molar-refractivity contribution in [2.75, 3.05) is 5.32 Å². The van der Waals surface area contributed by atoms with Crippen LogP contribution in [0.5, 0.6) is 0 Å². The van der Waals surface area contributed by atoms with Crippen LogP contribution in [-0.4, -0.2) is 9.78 Å². The molecule has 0 saturated heterocycles. The van der Waals surface area contributed by atoms with E-state index in [0.717, 1.165) is 36.2 Å². The summed E-state index contributed by atoms with van der Waals surface area (Å²) < 4.78 is 29.7. The highest BCUT2D eigenvalue weighted by atomic mass is 35.5. The van der Waals surface area contributed by atoms with Gasteiger partial charge in [-0.15, -0.1) is 0 Å². The van der Waals surface area contributed by atoms with Crippen LogP contribution in [0, 0.1) is 18.6 Å². The second kappa shape index (κ2) is 5.88. The van der Waals surface area contributed by atoms with Crippen molar-refractivity contribution in [1.29, 1.82) is 0 Å². The Morgan fingerprint density at radius 1 is 1.23 bits per heavy atom. The second-order valence-electron chi connectivity index (χ2n) is 5.82. The van der Waals surface area contributed by atoms with Crippen molar-refractivity contribution in [3.63, 3.8) is 0 Å². The number of rotatable bonds is 3. The number of aryl methyl sites for hydroxylation is 2. The zero-order chi connectivity index (χ0) is 15.9. The topological polar surface area (TPSA) is 29.9 Å². The third-order valence-electron chi connectivity index (χ3n) is 4.28. The van der Waals surface area contributed by atoms with Gasteiger partial charge in [-0.1, -0.05) is 24.4 Å². The van der Waals surface area contributed by atoms with Gasteiger partial charge in [-0.2, -0.15) is 5.10 Å². The van der Waals surface area contributed by atoms with E-state index in [0.29, 0.717) is 11.7 Å². The first-order chi connectivity index (χ1) is 10.5. The summed E-state index contributed by atoms with van der Waals surface area (Å²) in [7, 11) is 1.78. The molecule has 1 aromatic carbocycles. The lowest BCUT2D eigenvalue weighted by Gasteiger charge is -2.15. The molecule has 1 heterocycles. The first kappa shape index (κ1) is 15.3. The molecule has 3 nitrogen and oxygen atoms in total. The minimum Gasteiger partial charge on any atom is -0.335 e. The number of aromatic nitrogens is 2. The van der Waals surface area contributed by atoms with E-state index >= 15 is 0 Å². The van der Waals surface area contributed by atoms with Gasteiger partial charge in [0.05, 0.1) is 5.69 Å². The van der Waals surface area contributed by atoms with Gasteiger partial charge in [0, 0.05) is 17.6 Å². The standard InChI is InChI=1S/C16H18ClF2N3/c1-9-14(10-5-3-4-6-10)16(22(2)21-9)20-15-12(18)7-11(17)8-13(15)19/h7-8,10,20H,3-6H2,1-2H3. The van der Waals surface area contributed by atoms with Crippen molar-refractivity contribution in [2.45, 2.75) is 38.5 Å². The first-order valence-electron chi connectivity index (χ1n) is 7.42. The fraction of sp³-hybridized carbons (Fsp3) is 0.438. The molecule has 6 heteroatoms. The van der Waals surface area contributed by atoms with E-state index in [1.54, 1.807) is 11.7 Å². The number of halogens is 3. The van der Waals surface area contributed by atoms with Crippen LogP contribution in [0.25, 0.3) is 0 Å². The monoisotopic (exact) mass is 325 g/mol. The molecule has 0 amide bonds. The molecule has 1 aliphatic carbocycles. The van der Waals surface area contributed by atoms with Crippen LogP contribution >= 0.6 is 11.6 Å². The van der Waals surface area contributed by atoms with Gasteiger partial charge in [0.15, 0.2) is 11.6 Å². The summed E-state index contributed by atoms with van der Waals surface area (Å²) in [5.74, 6) is -0.360. The molecule has 1 fully saturated rings. The van der Waals surface area contributed by atoms with E-state index in [-0.39, 0.29) is 10.7 Å². The normalized spacial score (nSPS) is 15.5.